The quantitative estimate of drug-likeness (QED) is 0.907. The van der Waals surface area contributed by atoms with Crippen LogP contribution in [0, 0.1) is 0 Å². The number of nitrogens with zero attached hydrogens (tertiary/aromatic N) is 2. The van der Waals surface area contributed by atoms with Crippen molar-refractivity contribution >= 4 is 16.9 Å². The molecule has 2 N–H and O–H groups in total. The van der Waals surface area contributed by atoms with Gasteiger partial charge in [0.2, 0.25) is 5.95 Å². The van der Waals surface area contributed by atoms with Gasteiger partial charge in [-0.15, -0.1) is 0 Å². The number of alkyl halides is 2. The van der Waals surface area contributed by atoms with Crippen LogP contribution in [-0.4, -0.2) is 9.55 Å². The summed E-state index contributed by atoms with van der Waals surface area (Å²) < 4.78 is 28.1. The van der Waals surface area contributed by atoms with E-state index in [0.29, 0.717) is 17.5 Å². The molecule has 0 radical (unpaired) electrons. The van der Waals surface area contributed by atoms with Crippen LogP contribution in [0.3, 0.4) is 0 Å². The molecule has 0 spiro atoms. The lowest BCUT2D eigenvalue weighted by Gasteiger charge is -2.14. The Balaban J connectivity index is 2.94. The van der Waals surface area contributed by atoms with Crippen molar-refractivity contribution < 1.29 is 8.78 Å². The summed E-state index contributed by atoms with van der Waals surface area (Å²) in [5.74, 6) is -2.92. The number of aryl methyl sites for hydroxylation is 1. The maximum atomic E-state index is 13.5. The largest absolute Gasteiger partial charge is 0.369 e. The first-order valence-electron chi connectivity index (χ1n) is 5.93. The lowest BCUT2D eigenvalue weighted by atomic mass is 10.0. The Kier molecular flexibility index (Phi) is 3.04. The zero-order valence-corrected chi connectivity index (χ0v) is 11.0. The van der Waals surface area contributed by atoms with Crippen molar-refractivity contribution in [2.24, 2.45) is 7.05 Å². The topological polar surface area (TPSA) is 60.9 Å². The van der Waals surface area contributed by atoms with Gasteiger partial charge in [0.1, 0.15) is 0 Å². The Hall–Kier alpha value is -1.98. The number of halogens is 2. The highest BCUT2D eigenvalue weighted by Gasteiger charge is 2.26. The molecule has 19 heavy (non-hydrogen) atoms. The van der Waals surface area contributed by atoms with E-state index in [1.165, 1.54) is 19.2 Å². The second-order valence-corrected chi connectivity index (χ2v) is 4.61. The summed E-state index contributed by atoms with van der Waals surface area (Å²) in [5.41, 5.74) is 6.04. The lowest BCUT2D eigenvalue weighted by Crippen LogP contribution is -2.22. The highest BCUT2D eigenvalue weighted by Crippen LogP contribution is 2.30. The molecule has 0 unspecified atom stereocenters. The van der Waals surface area contributed by atoms with Gasteiger partial charge in [-0.25, -0.2) is 13.8 Å². The number of aromatic nitrogens is 2. The minimum absolute atomic E-state index is 0.0724. The number of anilines is 1. The highest BCUT2D eigenvalue weighted by molar-refractivity contribution is 5.83. The summed E-state index contributed by atoms with van der Waals surface area (Å²) in [7, 11) is 1.46. The van der Waals surface area contributed by atoms with Gasteiger partial charge in [-0.05, 0) is 24.1 Å². The van der Waals surface area contributed by atoms with Crippen LogP contribution in [0.1, 0.15) is 25.0 Å². The summed E-state index contributed by atoms with van der Waals surface area (Å²) in [6, 6.07) is 2.58. The fourth-order valence-corrected chi connectivity index (χ4v) is 1.99. The molecule has 0 fully saturated rings. The summed E-state index contributed by atoms with van der Waals surface area (Å²) >= 11 is 0. The summed E-state index contributed by atoms with van der Waals surface area (Å²) in [6.45, 7) is 2.63. The Labute approximate surface area is 108 Å². The van der Waals surface area contributed by atoms with Gasteiger partial charge in [-0.2, -0.15) is 0 Å². The van der Waals surface area contributed by atoms with Crippen LogP contribution in [-0.2, 0) is 19.4 Å². The minimum Gasteiger partial charge on any atom is -0.369 e. The van der Waals surface area contributed by atoms with E-state index in [1.54, 1.807) is 0 Å². The van der Waals surface area contributed by atoms with Crippen LogP contribution < -0.4 is 11.3 Å². The predicted molar refractivity (Wildman–Crippen MR) is 70.3 cm³/mol. The smallest absolute Gasteiger partial charge is 0.270 e. The zero-order chi connectivity index (χ0) is 14.4. The Morgan fingerprint density at radius 3 is 2.58 bits per heavy atom. The Morgan fingerprint density at radius 2 is 2.05 bits per heavy atom. The summed E-state index contributed by atoms with van der Waals surface area (Å²) in [4.78, 5) is 16.2. The standard InChI is InChI=1S/C13H15F2N3O/c1-4-7-5-8(13(2,14)15)6-9-10(7)17-12(16)18(3)11(9)19/h5-6H,4H2,1-3H3,(H2,16,17). The third-order valence-corrected chi connectivity index (χ3v) is 3.18. The molecular weight excluding hydrogens is 252 g/mol. The second-order valence-electron chi connectivity index (χ2n) is 4.61. The van der Waals surface area contributed by atoms with Gasteiger partial charge in [0.05, 0.1) is 10.9 Å². The molecule has 0 aliphatic carbocycles. The number of rotatable bonds is 2. The molecule has 0 bridgehead atoms. The third kappa shape index (κ3) is 2.18. The van der Waals surface area contributed by atoms with Gasteiger partial charge in [-0.3, -0.25) is 9.36 Å². The molecule has 102 valence electrons. The van der Waals surface area contributed by atoms with Gasteiger partial charge < -0.3 is 5.73 Å². The fraction of sp³-hybridized carbons (Fsp3) is 0.385. The molecule has 1 aromatic heterocycles. The van der Waals surface area contributed by atoms with E-state index in [4.69, 9.17) is 5.73 Å². The van der Waals surface area contributed by atoms with Crippen molar-refractivity contribution in [2.75, 3.05) is 5.73 Å². The second kappa shape index (κ2) is 4.29. The first-order chi connectivity index (χ1) is 8.75. The monoisotopic (exact) mass is 267 g/mol. The zero-order valence-electron chi connectivity index (χ0n) is 11.0. The van der Waals surface area contributed by atoms with Crippen molar-refractivity contribution in [2.45, 2.75) is 26.2 Å². The maximum absolute atomic E-state index is 13.5. The number of nitrogen functional groups attached to an aromatic ring is 1. The summed E-state index contributed by atoms with van der Waals surface area (Å²) in [5, 5.41) is 0.174. The number of hydrogen-bond acceptors (Lipinski definition) is 3. The van der Waals surface area contributed by atoms with Gasteiger partial charge in [0.25, 0.3) is 11.5 Å². The molecule has 0 saturated heterocycles. The number of nitrogens with two attached hydrogens (primary N) is 1. The molecule has 6 heteroatoms. The molecular formula is C13H15F2N3O. The Morgan fingerprint density at radius 1 is 1.42 bits per heavy atom. The van der Waals surface area contributed by atoms with Gasteiger partial charge >= 0.3 is 0 Å². The maximum Gasteiger partial charge on any atom is 0.270 e. The first-order valence-corrected chi connectivity index (χ1v) is 5.93. The highest BCUT2D eigenvalue weighted by atomic mass is 19.3. The van der Waals surface area contributed by atoms with E-state index in [0.717, 1.165) is 11.5 Å². The molecule has 2 aromatic rings. The van der Waals surface area contributed by atoms with Gasteiger partial charge in [0.15, 0.2) is 0 Å². The van der Waals surface area contributed by atoms with E-state index in [1.807, 2.05) is 6.92 Å². The first kappa shape index (κ1) is 13.5. The van der Waals surface area contributed by atoms with E-state index in [-0.39, 0.29) is 16.9 Å². The molecule has 1 aromatic carbocycles. The summed E-state index contributed by atoms with van der Waals surface area (Å²) in [6.07, 6.45) is 0.500. The van der Waals surface area contributed by atoms with Crippen molar-refractivity contribution in [3.63, 3.8) is 0 Å². The molecule has 0 aliphatic heterocycles. The van der Waals surface area contributed by atoms with Crippen molar-refractivity contribution in [1.82, 2.24) is 9.55 Å². The normalized spacial score (nSPS) is 12.1. The van der Waals surface area contributed by atoms with Crippen LogP contribution in [0.2, 0.25) is 0 Å². The number of fused-ring (bicyclic) bond motifs is 1. The lowest BCUT2D eigenvalue weighted by molar-refractivity contribution is 0.0175. The minimum atomic E-state index is -3.00. The van der Waals surface area contributed by atoms with Crippen LogP contribution in [0.15, 0.2) is 16.9 Å². The van der Waals surface area contributed by atoms with Crippen molar-refractivity contribution in [1.29, 1.82) is 0 Å². The van der Waals surface area contributed by atoms with E-state index >= 15 is 0 Å². The van der Waals surface area contributed by atoms with Crippen LogP contribution in [0.25, 0.3) is 10.9 Å². The van der Waals surface area contributed by atoms with Crippen molar-refractivity contribution in [3.8, 4) is 0 Å². The molecule has 2 rings (SSSR count). The van der Waals surface area contributed by atoms with E-state index in [2.05, 4.69) is 4.98 Å². The fourth-order valence-electron chi connectivity index (χ4n) is 1.99. The van der Waals surface area contributed by atoms with Gasteiger partial charge in [0, 0.05) is 19.5 Å². The van der Waals surface area contributed by atoms with Crippen LogP contribution in [0.4, 0.5) is 14.7 Å². The molecule has 0 amide bonds. The van der Waals surface area contributed by atoms with E-state index in [9.17, 15) is 13.6 Å². The molecule has 1 heterocycles. The average Bonchev–Trinajstić information content (AvgIpc) is 2.34. The number of hydrogen-bond donors (Lipinski definition) is 1. The SMILES string of the molecule is CCc1cc(C(C)(F)F)cc2c(=O)n(C)c(N)nc12. The Bertz CT molecular complexity index is 702. The molecule has 0 atom stereocenters. The molecule has 0 saturated carbocycles. The molecule has 0 aliphatic rings. The third-order valence-electron chi connectivity index (χ3n) is 3.18. The predicted octanol–water partition coefficient (Wildman–Crippen LogP) is 2.19. The van der Waals surface area contributed by atoms with Gasteiger partial charge in [-0.1, -0.05) is 6.92 Å². The molecule has 4 nitrogen and oxygen atoms in total. The van der Waals surface area contributed by atoms with E-state index < -0.39 is 11.5 Å². The number of benzene rings is 1. The van der Waals surface area contributed by atoms with Crippen LogP contribution >= 0.6 is 0 Å². The average molecular weight is 267 g/mol. The van der Waals surface area contributed by atoms with Crippen molar-refractivity contribution in [3.05, 3.63) is 33.6 Å². The van der Waals surface area contributed by atoms with Crippen LogP contribution in [0.5, 0.6) is 0 Å².